The van der Waals surface area contributed by atoms with Gasteiger partial charge in [-0.15, -0.1) is 0 Å². The van der Waals surface area contributed by atoms with Crippen molar-refractivity contribution in [3.63, 3.8) is 0 Å². The zero-order valence-corrected chi connectivity index (χ0v) is 14.7. The maximum Gasteiger partial charge on any atom is 0.149 e. The second-order valence-corrected chi connectivity index (χ2v) is 8.04. The lowest BCUT2D eigenvalue weighted by molar-refractivity contribution is 0.140. The van der Waals surface area contributed by atoms with E-state index in [4.69, 9.17) is 4.74 Å². The number of rotatable bonds is 7. The van der Waals surface area contributed by atoms with Crippen LogP contribution in [-0.2, 0) is 27.5 Å². The number of aryl methyl sites for hydroxylation is 1. The van der Waals surface area contributed by atoms with Crippen molar-refractivity contribution in [1.29, 1.82) is 0 Å². The summed E-state index contributed by atoms with van der Waals surface area (Å²) in [6.45, 7) is 3.37. The molecule has 0 spiro atoms. The van der Waals surface area contributed by atoms with E-state index in [9.17, 15) is 8.42 Å². The molecule has 0 N–H and O–H groups in total. The van der Waals surface area contributed by atoms with Gasteiger partial charge in [-0.3, -0.25) is 4.98 Å². The van der Waals surface area contributed by atoms with Gasteiger partial charge >= 0.3 is 0 Å². The summed E-state index contributed by atoms with van der Waals surface area (Å²) in [5, 5.41) is 1.07. The number of imidazole rings is 1. The van der Waals surface area contributed by atoms with Crippen LogP contribution >= 0.6 is 0 Å². The van der Waals surface area contributed by atoms with Crippen LogP contribution in [0.2, 0.25) is 0 Å². The highest BCUT2D eigenvalue weighted by Crippen LogP contribution is 2.24. The Hall–Kier alpha value is -1.99. The Balaban J connectivity index is 1.87. The Bertz CT molecular complexity index is 964. The van der Waals surface area contributed by atoms with Crippen LogP contribution in [0, 0.1) is 0 Å². The van der Waals surface area contributed by atoms with E-state index >= 15 is 0 Å². The summed E-state index contributed by atoms with van der Waals surface area (Å²) < 4.78 is 29.9. The van der Waals surface area contributed by atoms with Crippen LogP contribution in [0.1, 0.15) is 12.7 Å². The SMILES string of the molecule is CCc1nc2cnc3ccccc3c2n1CCOCCS(C)(=O)=O. The number of sulfone groups is 1. The average Bonchev–Trinajstić information content (AvgIpc) is 2.92. The maximum absolute atomic E-state index is 11.1. The summed E-state index contributed by atoms with van der Waals surface area (Å²) >= 11 is 0. The second kappa shape index (κ2) is 6.86. The first-order valence-electron chi connectivity index (χ1n) is 7.98. The fourth-order valence-corrected chi connectivity index (χ4v) is 3.21. The third-order valence-corrected chi connectivity index (χ3v) is 4.84. The Labute approximate surface area is 141 Å². The third kappa shape index (κ3) is 3.57. The van der Waals surface area contributed by atoms with Crippen molar-refractivity contribution < 1.29 is 13.2 Å². The van der Waals surface area contributed by atoms with Gasteiger partial charge in [0.1, 0.15) is 21.2 Å². The standard InChI is InChI=1S/C17H21N3O3S/c1-3-16-19-15-12-18-14-7-5-4-6-13(14)17(15)20(16)8-9-23-10-11-24(2,21)22/h4-7,12H,3,8-11H2,1-2H3. The largest absolute Gasteiger partial charge is 0.379 e. The molecular weight excluding hydrogens is 326 g/mol. The molecule has 2 heterocycles. The van der Waals surface area contributed by atoms with E-state index < -0.39 is 9.84 Å². The van der Waals surface area contributed by atoms with E-state index in [0.29, 0.717) is 13.2 Å². The molecule has 0 atom stereocenters. The first kappa shape index (κ1) is 16.9. The quantitative estimate of drug-likeness (QED) is 0.613. The van der Waals surface area contributed by atoms with Crippen molar-refractivity contribution in [2.45, 2.75) is 19.9 Å². The molecule has 7 heteroatoms. The van der Waals surface area contributed by atoms with Crippen molar-refractivity contribution in [1.82, 2.24) is 14.5 Å². The van der Waals surface area contributed by atoms with Crippen LogP contribution < -0.4 is 0 Å². The van der Waals surface area contributed by atoms with Gasteiger partial charge in [0.2, 0.25) is 0 Å². The molecule has 0 aliphatic carbocycles. The van der Waals surface area contributed by atoms with E-state index in [1.807, 2.05) is 24.3 Å². The number of ether oxygens (including phenoxy) is 1. The number of hydrogen-bond donors (Lipinski definition) is 0. The second-order valence-electron chi connectivity index (χ2n) is 5.78. The third-order valence-electron chi connectivity index (χ3n) is 3.93. The predicted molar refractivity (Wildman–Crippen MR) is 94.9 cm³/mol. The first-order valence-corrected chi connectivity index (χ1v) is 10.0. The highest BCUT2D eigenvalue weighted by Gasteiger charge is 2.13. The molecule has 0 amide bonds. The minimum atomic E-state index is -2.99. The molecule has 0 radical (unpaired) electrons. The highest BCUT2D eigenvalue weighted by atomic mass is 32.2. The Morgan fingerprint density at radius 2 is 1.96 bits per heavy atom. The number of para-hydroxylation sites is 1. The van der Waals surface area contributed by atoms with Crippen molar-refractivity contribution in [2.24, 2.45) is 0 Å². The first-order chi connectivity index (χ1) is 11.5. The van der Waals surface area contributed by atoms with E-state index in [2.05, 4.69) is 21.5 Å². The Kier molecular flexibility index (Phi) is 4.82. The van der Waals surface area contributed by atoms with Crippen molar-refractivity contribution in [3.05, 3.63) is 36.3 Å². The number of hydrogen-bond acceptors (Lipinski definition) is 5. The van der Waals surface area contributed by atoms with Crippen molar-refractivity contribution >= 4 is 31.8 Å². The molecular formula is C17H21N3O3S. The highest BCUT2D eigenvalue weighted by molar-refractivity contribution is 7.90. The smallest absolute Gasteiger partial charge is 0.149 e. The number of fused-ring (bicyclic) bond motifs is 3. The van der Waals surface area contributed by atoms with E-state index in [-0.39, 0.29) is 12.4 Å². The molecule has 0 saturated heterocycles. The van der Waals surface area contributed by atoms with E-state index in [1.54, 1.807) is 6.20 Å². The predicted octanol–water partition coefficient (Wildman–Crippen LogP) is 2.21. The molecule has 128 valence electrons. The molecule has 0 unspecified atom stereocenters. The van der Waals surface area contributed by atoms with Crippen LogP contribution in [0.25, 0.3) is 21.9 Å². The van der Waals surface area contributed by atoms with Gasteiger partial charge in [-0.25, -0.2) is 13.4 Å². The monoisotopic (exact) mass is 347 g/mol. The minimum Gasteiger partial charge on any atom is -0.379 e. The average molecular weight is 347 g/mol. The topological polar surface area (TPSA) is 74.1 Å². The molecule has 6 nitrogen and oxygen atoms in total. The lowest BCUT2D eigenvalue weighted by Gasteiger charge is -2.10. The number of pyridine rings is 1. The molecule has 2 aromatic heterocycles. The zero-order chi connectivity index (χ0) is 17.2. The van der Waals surface area contributed by atoms with E-state index in [1.165, 1.54) is 6.26 Å². The maximum atomic E-state index is 11.1. The van der Waals surface area contributed by atoms with Gasteiger partial charge in [0.15, 0.2) is 0 Å². The minimum absolute atomic E-state index is 0.0468. The van der Waals surface area contributed by atoms with Gasteiger partial charge in [-0.1, -0.05) is 25.1 Å². The Morgan fingerprint density at radius 1 is 1.17 bits per heavy atom. The van der Waals surface area contributed by atoms with Gasteiger partial charge in [0.25, 0.3) is 0 Å². The van der Waals surface area contributed by atoms with Crippen LogP contribution in [0.15, 0.2) is 30.5 Å². The summed E-state index contributed by atoms with van der Waals surface area (Å²) in [5.41, 5.74) is 2.87. The lowest BCUT2D eigenvalue weighted by atomic mass is 10.2. The van der Waals surface area contributed by atoms with Gasteiger partial charge in [0.05, 0.1) is 36.2 Å². The van der Waals surface area contributed by atoms with Crippen molar-refractivity contribution in [3.8, 4) is 0 Å². The summed E-state index contributed by atoms with van der Waals surface area (Å²) in [6, 6.07) is 8.00. The number of benzene rings is 1. The Morgan fingerprint density at radius 3 is 2.71 bits per heavy atom. The number of aromatic nitrogens is 3. The molecule has 0 bridgehead atoms. The number of nitrogens with zero attached hydrogens (tertiary/aromatic N) is 3. The fraction of sp³-hybridized carbons (Fsp3) is 0.412. The van der Waals surface area contributed by atoms with Gasteiger partial charge in [-0.05, 0) is 6.07 Å². The van der Waals surface area contributed by atoms with Crippen LogP contribution in [0.3, 0.4) is 0 Å². The van der Waals surface area contributed by atoms with Gasteiger partial charge < -0.3 is 9.30 Å². The molecule has 0 fully saturated rings. The van der Waals surface area contributed by atoms with Gasteiger partial charge in [-0.2, -0.15) is 0 Å². The molecule has 0 aliphatic heterocycles. The molecule has 3 rings (SSSR count). The summed E-state index contributed by atoms with van der Waals surface area (Å²) in [4.78, 5) is 9.13. The summed E-state index contributed by atoms with van der Waals surface area (Å²) in [6.07, 6.45) is 3.83. The molecule has 3 aromatic rings. The van der Waals surface area contributed by atoms with Gasteiger partial charge in [0, 0.05) is 24.6 Å². The molecule has 1 aromatic carbocycles. The fourth-order valence-electron chi connectivity index (χ4n) is 2.79. The van der Waals surface area contributed by atoms with E-state index in [0.717, 1.165) is 34.2 Å². The molecule has 0 saturated carbocycles. The molecule has 0 aliphatic rings. The van der Waals surface area contributed by atoms with Crippen molar-refractivity contribution in [2.75, 3.05) is 25.2 Å². The van der Waals surface area contributed by atoms with Crippen LogP contribution in [-0.4, -0.2) is 48.2 Å². The summed E-state index contributed by atoms with van der Waals surface area (Å²) in [7, 11) is -2.99. The lowest BCUT2D eigenvalue weighted by Crippen LogP contribution is -2.14. The van der Waals surface area contributed by atoms with Crippen LogP contribution in [0.4, 0.5) is 0 Å². The zero-order valence-electron chi connectivity index (χ0n) is 13.9. The van der Waals surface area contributed by atoms with Crippen LogP contribution in [0.5, 0.6) is 0 Å². The molecule has 24 heavy (non-hydrogen) atoms. The normalized spacial score (nSPS) is 12.2. The summed E-state index contributed by atoms with van der Waals surface area (Å²) in [5.74, 6) is 1.03.